The summed E-state index contributed by atoms with van der Waals surface area (Å²) in [6, 6.07) is 6.55. The average Bonchev–Trinajstić information content (AvgIpc) is 3.01. The maximum absolute atomic E-state index is 13.2. The number of carbonyl (C=O) groups is 2. The number of fused-ring (bicyclic) bond motifs is 1. The zero-order valence-electron chi connectivity index (χ0n) is 19.1. The number of amides is 2. The fourth-order valence-electron chi connectivity index (χ4n) is 5.85. The second-order valence-electron chi connectivity index (χ2n) is 9.49. The van der Waals surface area contributed by atoms with Gasteiger partial charge in [0, 0.05) is 31.7 Å². The number of benzene rings is 1. The van der Waals surface area contributed by atoms with E-state index in [2.05, 4.69) is 35.5 Å². The number of carbonyl (C=O) groups excluding carboxylic acids is 2. The molecule has 3 aliphatic rings. The van der Waals surface area contributed by atoms with Crippen LogP contribution >= 0.6 is 0 Å². The Labute approximate surface area is 186 Å². The Hall–Kier alpha value is -2.08. The monoisotopic (exact) mass is 427 g/mol. The Balaban J connectivity index is 1.67. The molecule has 6 nitrogen and oxygen atoms in total. The number of nitrogens with one attached hydrogen (secondary N) is 1. The van der Waals surface area contributed by atoms with E-state index in [4.69, 9.17) is 4.74 Å². The van der Waals surface area contributed by atoms with Gasteiger partial charge in [-0.3, -0.25) is 9.69 Å². The molecule has 6 heteroatoms. The largest absolute Gasteiger partial charge is 0.466 e. The molecule has 1 unspecified atom stereocenters. The van der Waals surface area contributed by atoms with Crippen molar-refractivity contribution >= 4 is 17.7 Å². The minimum Gasteiger partial charge on any atom is -0.466 e. The van der Waals surface area contributed by atoms with Gasteiger partial charge in [0.05, 0.1) is 12.1 Å². The van der Waals surface area contributed by atoms with Gasteiger partial charge in [-0.05, 0) is 75.3 Å². The summed E-state index contributed by atoms with van der Waals surface area (Å²) in [4.78, 5) is 29.8. The molecule has 2 heterocycles. The number of nitrogens with zero attached hydrogens (tertiary/aromatic N) is 2. The van der Waals surface area contributed by atoms with Crippen molar-refractivity contribution in [2.24, 2.45) is 5.92 Å². The fraction of sp³-hybridized carbons (Fsp3) is 0.680. The van der Waals surface area contributed by atoms with Gasteiger partial charge in [0.2, 0.25) is 0 Å². The van der Waals surface area contributed by atoms with E-state index in [-0.39, 0.29) is 17.5 Å². The lowest BCUT2D eigenvalue weighted by molar-refractivity contribution is -0.143. The number of hydrogen-bond acceptors (Lipinski definition) is 4. The van der Waals surface area contributed by atoms with E-state index in [0.717, 1.165) is 44.5 Å². The maximum atomic E-state index is 13.2. The van der Waals surface area contributed by atoms with Gasteiger partial charge in [0.1, 0.15) is 0 Å². The van der Waals surface area contributed by atoms with E-state index in [0.29, 0.717) is 31.9 Å². The summed E-state index contributed by atoms with van der Waals surface area (Å²) in [7, 11) is 2.17. The van der Waals surface area contributed by atoms with Gasteiger partial charge in [0.25, 0.3) is 0 Å². The first kappa shape index (κ1) is 22.1. The molecule has 1 saturated heterocycles. The number of esters is 1. The number of likely N-dealkylation sites (N-methyl/N-ethyl adjacent to an activating group) is 1. The van der Waals surface area contributed by atoms with Crippen LogP contribution in [0.1, 0.15) is 63.0 Å². The van der Waals surface area contributed by atoms with Gasteiger partial charge < -0.3 is 15.0 Å². The van der Waals surface area contributed by atoms with Gasteiger partial charge >= 0.3 is 12.0 Å². The van der Waals surface area contributed by atoms with Crippen molar-refractivity contribution in [1.29, 1.82) is 0 Å². The Morgan fingerprint density at radius 1 is 1.16 bits per heavy atom. The lowest BCUT2D eigenvalue weighted by Gasteiger charge is -2.45. The fourth-order valence-corrected chi connectivity index (χ4v) is 5.85. The summed E-state index contributed by atoms with van der Waals surface area (Å²) in [6.07, 6.45) is 8.95. The molecular weight excluding hydrogens is 390 g/mol. The lowest BCUT2D eigenvalue weighted by atomic mass is 9.71. The number of ether oxygens (including phenoxy) is 1. The van der Waals surface area contributed by atoms with Crippen molar-refractivity contribution in [3.05, 3.63) is 29.3 Å². The molecule has 2 fully saturated rings. The van der Waals surface area contributed by atoms with Crippen LogP contribution in [0.4, 0.5) is 10.5 Å². The first-order valence-electron chi connectivity index (χ1n) is 12.1. The van der Waals surface area contributed by atoms with E-state index >= 15 is 0 Å². The van der Waals surface area contributed by atoms with E-state index < -0.39 is 0 Å². The van der Waals surface area contributed by atoms with E-state index in [9.17, 15) is 9.59 Å². The lowest BCUT2D eigenvalue weighted by Crippen LogP contribution is -2.54. The molecule has 2 aliphatic heterocycles. The summed E-state index contributed by atoms with van der Waals surface area (Å²) in [5.41, 5.74) is 3.36. The third kappa shape index (κ3) is 4.59. The van der Waals surface area contributed by atoms with Gasteiger partial charge in [-0.1, -0.05) is 25.3 Å². The van der Waals surface area contributed by atoms with Crippen LogP contribution in [0, 0.1) is 5.92 Å². The Morgan fingerprint density at radius 3 is 2.65 bits per heavy atom. The van der Waals surface area contributed by atoms with E-state index in [1.807, 2.05) is 11.8 Å². The number of rotatable bonds is 6. The minimum absolute atomic E-state index is 0.0277. The van der Waals surface area contributed by atoms with Crippen LogP contribution in [0.5, 0.6) is 0 Å². The summed E-state index contributed by atoms with van der Waals surface area (Å²) in [5, 5.41) is 3.14. The predicted octanol–water partition coefficient (Wildman–Crippen LogP) is 3.91. The van der Waals surface area contributed by atoms with Crippen LogP contribution < -0.4 is 10.2 Å². The Bertz CT molecular complexity index is 805. The summed E-state index contributed by atoms with van der Waals surface area (Å²) >= 11 is 0. The molecule has 1 aromatic carbocycles. The molecule has 1 saturated carbocycles. The zero-order chi connectivity index (χ0) is 21.8. The topological polar surface area (TPSA) is 61.9 Å². The van der Waals surface area contributed by atoms with Crippen molar-refractivity contribution in [2.45, 2.75) is 70.3 Å². The SMILES string of the molecule is CCOC(=O)CCC1(C2CCCCC2)CNC(=O)N1c1ccc2c(c1)CCN(C)CC2. The van der Waals surface area contributed by atoms with Crippen molar-refractivity contribution in [1.82, 2.24) is 10.2 Å². The standard InChI is InChI=1S/C25H37N3O3/c1-3-31-23(29)11-14-25(21-7-5-4-6-8-21)18-26-24(30)28(25)22-10-9-19-12-15-27(2)16-13-20(19)17-22/h9-10,17,21H,3-8,11-16,18H2,1-2H3,(H,26,30). The molecule has 0 aromatic heterocycles. The molecule has 0 spiro atoms. The summed E-state index contributed by atoms with van der Waals surface area (Å²) < 4.78 is 5.23. The molecule has 170 valence electrons. The van der Waals surface area contributed by atoms with Gasteiger partial charge in [-0.15, -0.1) is 0 Å². The number of urea groups is 1. The Kier molecular flexibility index (Phi) is 6.85. The Morgan fingerprint density at radius 2 is 1.90 bits per heavy atom. The quantitative estimate of drug-likeness (QED) is 0.700. The first-order chi connectivity index (χ1) is 15.0. The molecule has 0 radical (unpaired) electrons. The van der Waals surface area contributed by atoms with Crippen LogP contribution in [-0.4, -0.2) is 55.7 Å². The second kappa shape index (κ2) is 9.60. The van der Waals surface area contributed by atoms with Gasteiger partial charge in [0.15, 0.2) is 0 Å². The average molecular weight is 428 g/mol. The molecule has 1 atom stereocenters. The highest BCUT2D eigenvalue weighted by atomic mass is 16.5. The van der Waals surface area contributed by atoms with Gasteiger partial charge in [-0.25, -0.2) is 4.79 Å². The minimum atomic E-state index is -0.361. The molecular formula is C25H37N3O3. The maximum Gasteiger partial charge on any atom is 0.322 e. The van der Waals surface area contributed by atoms with E-state index in [1.165, 1.54) is 30.4 Å². The predicted molar refractivity (Wildman–Crippen MR) is 122 cm³/mol. The highest BCUT2D eigenvalue weighted by Gasteiger charge is 2.51. The molecule has 4 rings (SSSR count). The van der Waals surface area contributed by atoms with Crippen LogP contribution in [-0.2, 0) is 22.4 Å². The third-order valence-electron chi connectivity index (χ3n) is 7.60. The van der Waals surface area contributed by atoms with Crippen molar-refractivity contribution in [3.8, 4) is 0 Å². The van der Waals surface area contributed by atoms with E-state index in [1.54, 1.807) is 0 Å². The third-order valence-corrected chi connectivity index (χ3v) is 7.60. The highest BCUT2D eigenvalue weighted by molar-refractivity contribution is 5.96. The van der Waals surface area contributed by atoms with Crippen LogP contribution in [0.25, 0.3) is 0 Å². The molecule has 1 aromatic rings. The summed E-state index contributed by atoms with van der Waals surface area (Å²) in [5.74, 6) is 0.238. The van der Waals surface area contributed by atoms with Crippen LogP contribution in [0.3, 0.4) is 0 Å². The van der Waals surface area contributed by atoms with Crippen LogP contribution in [0.15, 0.2) is 18.2 Å². The van der Waals surface area contributed by atoms with Crippen molar-refractivity contribution in [2.75, 3.05) is 38.2 Å². The van der Waals surface area contributed by atoms with Crippen molar-refractivity contribution < 1.29 is 14.3 Å². The summed E-state index contributed by atoms with van der Waals surface area (Å²) in [6.45, 7) is 4.96. The first-order valence-corrected chi connectivity index (χ1v) is 12.1. The van der Waals surface area contributed by atoms with Crippen molar-refractivity contribution in [3.63, 3.8) is 0 Å². The molecule has 31 heavy (non-hydrogen) atoms. The number of anilines is 1. The normalized spacial score (nSPS) is 25.1. The number of hydrogen-bond donors (Lipinski definition) is 1. The second-order valence-corrected chi connectivity index (χ2v) is 9.49. The molecule has 2 amide bonds. The smallest absolute Gasteiger partial charge is 0.322 e. The van der Waals surface area contributed by atoms with Gasteiger partial charge in [-0.2, -0.15) is 0 Å². The molecule has 1 N–H and O–H groups in total. The van der Waals surface area contributed by atoms with Crippen LogP contribution in [0.2, 0.25) is 0 Å². The molecule has 0 bridgehead atoms. The molecule has 1 aliphatic carbocycles. The zero-order valence-corrected chi connectivity index (χ0v) is 19.1. The highest BCUT2D eigenvalue weighted by Crippen LogP contribution is 2.44.